The molecular formula is C24H31N5O3. The van der Waals surface area contributed by atoms with E-state index in [0.717, 1.165) is 62.7 Å². The molecule has 2 aromatic heterocycles. The fourth-order valence-corrected chi connectivity index (χ4v) is 4.79. The van der Waals surface area contributed by atoms with Crippen LogP contribution in [0.15, 0.2) is 29.1 Å². The molecule has 0 radical (unpaired) electrons. The van der Waals surface area contributed by atoms with Crippen molar-refractivity contribution in [3.63, 3.8) is 0 Å². The molecule has 1 N–H and O–H groups in total. The molecule has 5 rings (SSSR count). The molecule has 0 unspecified atom stereocenters. The van der Waals surface area contributed by atoms with Crippen molar-refractivity contribution in [3.8, 4) is 17.1 Å². The second kappa shape index (κ2) is 9.42. The zero-order chi connectivity index (χ0) is 21.9. The third kappa shape index (κ3) is 4.17. The van der Waals surface area contributed by atoms with Gasteiger partial charge in [0.1, 0.15) is 23.6 Å². The van der Waals surface area contributed by atoms with Crippen LogP contribution in [0.5, 0.6) is 5.75 Å². The topological polar surface area (TPSA) is 85.3 Å². The third-order valence-corrected chi connectivity index (χ3v) is 6.55. The Kier molecular flexibility index (Phi) is 6.23. The molecule has 0 atom stereocenters. The molecule has 0 amide bonds. The third-order valence-electron chi connectivity index (χ3n) is 6.55. The second-order valence-corrected chi connectivity index (χ2v) is 8.59. The lowest BCUT2D eigenvalue weighted by Crippen LogP contribution is -2.38. The molecule has 1 saturated heterocycles. The zero-order valence-electron chi connectivity index (χ0n) is 18.7. The molecule has 3 aromatic rings. The lowest BCUT2D eigenvalue weighted by atomic mass is 10.1. The normalized spacial score (nSPS) is 17.9. The van der Waals surface area contributed by atoms with Gasteiger partial charge in [-0.1, -0.05) is 31.9 Å². The number of aryl methyl sites for hydroxylation is 1. The van der Waals surface area contributed by atoms with Crippen LogP contribution in [0.3, 0.4) is 0 Å². The van der Waals surface area contributed by atoms with E-state index in [4.69, 9.17) is 19.6 Å². The number of hydrogen-bond donors (Lipinski definition) is 1. The first-order chi connectivity index (χ1) is 15.7. The van der Waals surface area contributed by atoms with E-state index in [-0.39, 0.29) is 5.56 Å². The summed E-state index contributed by atoms with van der Waals surface area (Å²) in [6.07, 6.45) is 5.28. The molecule has 1 aliphatic carbocycles. The van der Waals surface area contributed by atoms with Crippen LogP contribution < -0.4 is 10.3 Å². The van der Waals surface area contributed by atoms with Gasteiger partial charge >= 0.3 is 0 Å². The van der Waals surface area contributed by atoms with Gasteiger partial charge in [-0.3, -0.25) is 9.69 Å². The molecule has 1 aromatic carbocycles. The Morgan fingerprint density at radius 2 is 1.97 bits per heavy atom. The Morgan fingerprint density at radius 1 is 1.19 bits per heavy atom. The van der Waals surface area contributed by atoms with Crippen molar-refractivity contribution >= 4 is 11.0 Å². The zero-order valence-corrected chi connectivity index (χ0v) is 18.7. The van der Waals surface area contributed by atoms with Gasteiger partial charge in [-0.2, -0.15) is 5.10 Å². The number of morpholine rings is 1. The smallest absolute Gasteiger partial charge is 0.262 e. The van der Waals surface area contributed by atoms with Crippen molar-refractivity contribution in [1.82, 2.24) is 24.6 Å². The standard InChI is InChI=1S/C24H31N5O3/c1-2-19-21-23(29(27-19)17-7-3-4-8-17)25-22(26-24(21)30)18-9-5-6-10-20(18)32-16-13-28-11-14-31-15-12-28/h5-6,9-10,17H,2-4,7-8,11-16H2,1H3,(H,25,26,30). The number of aromatic nitrogens is 4. The highest BCUT2D eigenvalue weighted by atomic mass is 16.5. The van der Waals surface area contributed by atoms with Gasteiger partial charge < -0.3 is 14.5 Å². The summed E-state index contributed by atoms with van der Waals surface area (Å²) < 4.78 is 13.5. The predicted octanol–water partition coefficient (Wildman–Crippen LogP) is 3.18. The summed E-state index contributed by atoms with van der Waals surface area (Å²) in [6, 6.07) is 8.10. The van der Waals surface area contributed by atoms with Crippen LogP contribution in [0.25, 0.3) is 22.4 Å². The van der Waals surface area contributed by atoms with Gasteiger partial charge in [0.25, 0.3) is 5.56 Å². The number of hydrogen-bond acceptors (Lipinski definition) is 6. The van der Waals surface area contributed by atoms with Crippen LogP contribution >= 0.6 is 0 Å². The molecule has 1 saturated carbocycles. The van der Waals surface area contributed by atoms with E-state index >= 15 is 0 Å². The van der Waals surface area contributed by atoms with E-state index in [1.807, 2.05) is 35.9 Å². The summed E-state index contributed by atoms with van der Waals surface area (Å²) in [5, 5.41) is 5.42. The minimum Gasteiger partial charge on any atom is -0.491 e. The highest BCUT2D eigenvalue weighted by molar-refractivity contribution is 5.80. The fraction of sp³-hybridized carbons (Fsp3) is 0.542. The number of benzene rings is 1. The number of rotatable bonds is 7. The molecule has 170 valence electrons. The summed E-state index contributed by atoms with van der Waals surface area (Å²) in [7, 11) is 0. The second-order valence-electron chi connectivity index (χ2n) is 8.59. The Bertz CT molecular complexity index is 1130. The molecule has 1 aliphatic heterocycles. The number of nitrogens with zero attached hydrogens (tertiary/aromatic N) is 4. The number of fused-ring (bicyclic) bond motifs is 1. The SMILES string of the molecule is CCc1nn(C2CCCC2)c2nc(-c3ccccc3OCCN3CCOCC3)[nH]c(=O)c12. The number of para-hydroxylation sites is 1. The molecule has 32 heavy (non-hydrogen) atoms. The molecule has 3 heterocycles. The van der Waals surface area contributed by atoms with Crippen LogP contribution in [-0.2, 0) is 11.2 Å². The lowest BCUT2D eigenvalue weighted by molar-refractivity contribution is 0.0323. The molecule has 2 aliphatic rings. The maximum atomic E-state index is 13.1. The Hall–Kier alpha value is -2.71. The monoisotopic (exact) mass is 437 g/mol. The molecule has 0 spiro atoms. The van der Waals surface area contributed by atoms with E-state index in [1.54, 1.807) is 0 Å². The Morgan fingerprint density at radius 3 is 2.75 bits per heavy atom. The molecule has 0 bridgehead atoms. The summed E-state index contributed by atoms with van der Waals surface area (Å²) >= 11 is 0. The van der Waals surface area contributed by atoms with E-state index in [9.17, 15) is 4.79 Å². The van der Waals surface area contributed by atoms with Gasteiger partial charge in [0.15, 0.2) is 5.65 Å². The van der Waals surface area contributed by atoms with Gasteiger partial charge in [-0.05, 0) is 31.4 Å². The van der Waals surface area contributed by atoms with Gasteiger partial charge in [-0.25, -0.2) is 9.67 Å². The van der Waals surface area contributed by atoms with Crippen LogP contribution in [-0.4, -0.2) is 64.1 Å². The first-order valence-corrected chi connectivity index (χ1v) is 11.8. The van der Waals surface area contributed by atoms with E-state index in [2.05, 4.69) is 9.88 Å². The maximum Gasteiger partial charge on any atom is 0.262 e. The largest absolute Gasteiger partial charge is 0.491 e. The average Bonchev–Trinajstić information content (AvgIpc) is 3.48. The maximum absolute atomic E-state index is 13.1. The molecule has 8 nitrogen and oxygen atoms in total. The summed E-state index contributed by atoms with van der Waals surface area (Å²) in [6.45, 7) is 6.86. The van der Waals surface area contributed by atoms with Crippen molar-refractivity contribution in [2.75, 3.05) is 39.5 Å². The summed E-state index contributed by atoms with van der Waals surface area (Å²) in [5.74, 6) is 1.26. The molecule has 8 heteroatoms. The summed E-state index contributed by atoms with van der Waals surface area (Å²) in [5.41, 5.74) is 2.18. The van der Waals surface area contributed by atoms with Crippen molar-refractivity contribution < 1.29 is 9.47 Å². The van der Waals surface area contributed by atoms with Gasteiger partial charge in [0, 0.05) is 19.6 Å². The van der Waals surface area contributed by atoms with Gasteiger partial charge in [0.2, 0.25) is 0 Å². The molecule has 2 fully saturated rings. The van der Waals surface area contributed by atoms with E-state index in [1.165, 1.54) is 12.8 Å². The number of aromatic amines is 1. The van der Waals surface area contributed by atoms with Crippen molar-refractivity contribution in [2.45, 2.75) is 45.1 Å². The fourth-order valence-electron chi connectivity index (χ4n) is 4.79. The summed E-state index contributed by atoms with van der Waals surface area (Å²) in [4.78, 5) is 23.4. The predicted molar refractivity (Wildman–Crippen MR) is 123 cm³/mol. The lowest BCUT2D eigenvalue weighted by Gasteiger charge is -2.26. The first-order valence-electron chi connectivity index (χ1n) is 11.8. The van der Waals surface area contributed by atoms with Crippen molar-refractivity contribution in [2.24, 2.45) is 0 Å². The van der Waals surface area contributed by atoms with Gasteiger partial charge in [-0.15, -0.1) is 0 Å². The number of ether oxygens (including phenoxy) is 2. The van der Waals surface area contributed by atoms with Crippen molar-refractivity contribution in [1.29, 1.82) is 0 Å². The van der Waals surface area contributed by atoms with Crippen molar-refractivity contribution in [3.05, 3.63) is 40.3 Å². The first kappa shape index (κ1) is 21.2. The van der Waals surface area contributed by atoms with Crippen LogP contribution in [0, 0.1) is 0 Å². The minimum atomic E-state index is -0.130. The highest BCUT2D eigenvalue weighted by Gasteiger charge is 2.24. The van der Waals surface area contributed by atoms with E-state index < -0.39 is 0 Å². The minimum absolute atomic E-state index is 0.130. The highest BCUT2D eigenvalue weighted by Crippen LogP contribution is 2.33. The van der Waals surface area contributed by atoms with Crippen LogP contribution in [0.4, 0.5) is 0 Å². The van der Waals surface area contributed by atoms with Gasteiger partial charge in [0.05, 0.1) is 30.5 Å². The average molecular weight is 438 g/mol. The Balaban J connectivity index is 1.47. The number of nitrogens with one attached hydrogen (secondary N) is 1. The quantitative estimate of drug-likeness (QED) is 0.611. The number of H-pyrrole nitrogens is 1. The van der Waals surface area contributed by atoms with Crippen LogP contribution in [0.1, 0.15) is 44.3 Å². The molecular weight excluding hydrogens is 406 g/mol. The van der Waals surface area contributed by atoms with Crippen LogP contribution in [0.2, 0.25) is 0 Å². The van der Waals surface area contributed by atoms with E-state index in [0.29, 0.717) is 35.9 Å². The Labute approximate surface area is 187 Å².